The van der Waals surface area contributed by atoms with Crippen molar-refractivity contribution in [2.24, 2.45) is 0 Å². The van der Waals surface area contributed by atoms with Gasteiger partial charge in [0, 0.05) is 18.3 Å². The van der Waals surface area contributed by atoms with Crippen molar-refractivity contribution in [1.82, 2.24) is 19.6 Å². The smallest absolute Gasteiger partial charge is 0.265 e. The van der Waals surface area contributed by atoms with Crippen molar-refractivity contribution >= 4 is 21.7 Å². The molecule has 0 radical (unpaired) electrons. The van der Waals surface area contributed by atoms with Gasteiger partial charge in [-0.2, -0.15) is 5.10 Å². The zero-order valence-electron chi connectivity index (χ0n) is 19.6. The standard InChI is InChI=1S/C27H24N6O2S/c1-19-12-14-22(15-13-19)36(34,35)32-17-16-23-25(29-33(26(23)28)21-10-6-3-7-11-21)24-18-31(30-27(24)32)20-8-4-2-5-9-20/h2-15,18H,16-17,28H2,1H3. The van der Waals surface area contributed by atoms with Gasteiger partial charge in [-0.15, -0.1) is 5.10 Å². The highest BCUT2D eigenvalue weighted by Crippen LogP contribution is 2.40. The van der Waals surface area contributed by atoms with Crippen molar-refractivity contribution in [3.63, 3.8) is 0 Å². The first-order chi connectivity index (χ1) is 17.4. The first-order valence-corrected chi connectivity index (χ1v) is 13.0. The van der Waals surface area contributed by atoms with Crippen molar-refractivity contribution in [1.29, 1.82) is 0 Å². The minimum Gasteiger partial charge on any atom is -0.383 e. The molecule has 0 atom stereocenters. The molecule has 2 N–H and O–H groups in total. The molecular formula is C27H24N6O2S. The van der Waals surface area contributed by atoms with Gasteiger partial charge in [-0.1, -0.05) is 54.1 Å². The summed E-state index contributed by atoms with van der Waals surface area (Å²) in [6.45, 7) is 2.11. The summed E-state index contributed by atoms with van der Waals surface area (Å²) in [4.78, 5) is 0.218. The molecule has 1 aliphatic heterocycles. The third-order valence-corrected chi connectivity index (χ3v) is 8.21. The maximum atomic E-state index is 13.8. The third-order valence-electron chi connectivity index (χ3n) is 6.40. The molecule has 0 unspecified atom stereocenters. The number of para-hydroxylation sites is 2. The van der Waals surface area contributed by atoms with Crippen LogP contribution in [0.1, 0.15) is 11.1 Å². The number of benzene rings is 3. The molecule has 0 spiro atoms. The normalized spacial score (nSPS) is 13.2. The van der Waals surface area contributed by atoms with Crippen LogP contribution in [0.25, 0.3) is 22.6 Å². The van der Waals surface area contributed by atoms with Crippen molar-refractivity contribution in [3.05, 3.63) is 102 Å². The first-order valence-electron chi connectivity index (χ1n) is 11.6. The fourth-order valence-electron chi connectivity index (χ4n) is 4.51. The summed E-state index contributed by atoms with van der Waals surface area (Å²) in [6.07, 6.45) is 2.23. The number of nitrogens with zero attached hydrogens (tertiary/aromatic N) is 5. The molecule has 0 saturated heterocycles. The van der Waals surface area contributed by atoms with Crippen LogP contribution < -0.4 is 10.0 Å². The van der Waals surface area contributed by atoms with Crippen LogP contribution in [0.15, 0.2) is 96.0 Å². The molecule has 8 nitrogen and oxygen atoms in total. The minimum absolute atomic E-state index is 0.187. The maximum Gasteiger partial charge on any atom is 0.265 e. The van der Waals surface area contributed by atoms with Gasteiger partial charge in [0.1, 0.15) is 11.5 Å². The summed E-state index contributed by atoms with van der Waals surface area (Å²) in [5.74, 6) is 0.820. The highest BCUT2D eigenvalue weighted by atomic mass is 32.2. The highest BCUT2D eigenvalue weighted by Gasteiger charge is 2.35. The summed E-state index contributed by atoms with van der Waals surface area (Å²) in [7, 11) is -3.87. The molecule has 36 heavy (non-hydrogen) atoms. The number of nitrogen functional groups attached to an aromatic ring is 1. The highest BCUT2D eigenvalue weighted by molar-refractivity contribution is 7.92. The predicted molar refractivity (Wildman–Crippen MR) is 140 cm³/mol. The number of sulfonamides is 1. The summed E-state index contributed by atoms with van der Waals surface area (Å²) in [6, 6.07) is 26.1. The van der Waals surface area contributed by atoms with E-state index in [4.69, 9.17) is 15.9 Å². The lowest BCUT2D eigenvalue weighted by molar-refractivity contribution is 0.590. The van der Waals surface area contributed by atoms with Crippen molar-refractivity contribution in [3.8, 4) is 22.6 Å². The van der Waals surface area contributed by atoms with E-state index in [-0.39, 0.29) is 11.4 Å². The molecule has 6 rings (SSSR count). The molecule has 0 saturated carbocycles. The van der Waals surface area contributed by atoms with Gasteiger partial charge < -0.3 is 5.73 Å². The molecule has 180 valence electrons. The molecule has 3 heterocycles. The Kier molecular flexibility index (Phi) is 5.15. The van der Waals surface area contributed by atoms with E-state index in [0.29, 0.717) is 29.3 Å². The number of hydrogen-bond donors (Lipinski definition) is 1. The first kappa shape index (κ1) is 22.1. The fourth-order valence-corrected chi connectivity index (χ4v) is 5.94. The van der Waals surface area contributed by atoms with Crippen LogP contribution in [0.5, 0.6) is 0 Å². The lowest BCUT2D eigenvalue weighted by atomic mass is 10.1. The number of anilines is 2. The average Bonchev–Trinajstić information content (AvgIpc) is 3.43. The predicted octanol–water partition coefficient (Wildman–Crippen LogP) is 4.37. The monoisotopic (exact) mass is 496 g/mol. The molecule has 5 aromatic rings. The minimum atomic E-state index is -3.87. The topological polar surface area (TPSA) is 99.0 Å². The van der Waals surface area contributed by atoms with Crippen LogP contribution in [-0.2, 0) is 16.4 Å². The van der Waals surface area contributed by atoms with E-state index in [1.807, 2.05) is 73.8 Å². The van der Waals surface area contributed by atoms with Crippen LogP contribution in [0, 0.1) is 6.92 Å². The van der Waals surface area contributed by atoms with Crippen molar-refractivity contribution in [2.45, 2.75) is 18.2 Å². The molecule has 3 aromatic carbocycles. The Morgan fingerprint density at radius 3 is 2.14 bits per heavy atom. The Labute approximate surface area is 209 Å². The van der Waals surface area contributed by atoms with Gasteiger partial charge >= 0.3 is 0 Å². The maximum absolute atomic E-state index is 13.8. The van der Waals surface area contributed by atoms with Gasteiger partial charge in [-0.3, -0.25) is 0 Å². The van der Waals surface area contributed by atoms with Gasteiger partial charge in [-0.05, 0) is 49.7 Å². The van der Waals surface area contributed by atoms with E-state index in [1.165, 1.54) is 4.31 Å². The largest absolute Gasteiger partial charge is 0.383 e. The molecule has 0 bridgehead atoms. The van der Waals surface area contributed by atoms with E-state index in [1.54, 1.807) is 33.6 Å². The van der Waals surface area contributed by atoms with E-state index in [0.717, 1.165) is 22.5 Å². The second-order valence-corrected chi connectivity index (χ2v) is 10.6. The van der Waals surface area contributed by atoms with Crippen molar-refractivity contribution in [2.75, 3.05) is 16.6 Å². The second kappa shape index (κ2) is 8.39. The molecule has 2 aromatic heterocycles. The Bertz CT molecular complexity index is 1660. The summed E-state index contributed by atoms with van der Waals surface area (Å²) in [5.41, 5.74) is 11.3. The van der Waals surface area contributed by atoms with Gasteiger partial charge in [0.2, 0.25) is 0 Å². The van der Waals surface area contributed by atoms with E-state index in [2.05, 4.69) is 0 Å². The molecular weight excluding hydrogens is 472 g/mol. The molecule has 0 aliphatic carbocycles. The van der Waals surface area contributed by atoms with Crippen LogP contribution >= 0.6 is 0 Å². The Hall–Kier alpha value is -4.37. The zero-order chi connectivity index (χ0) is 24.9. The lowest BCUT2D eigenvalue weighted by Gasteiger charge is -2.22. The molecule has 0 fully saturated rings. The third kappa shape index (κ3) is 3.56. The quantitative estimate of drug-likeness (QED) is 0.398. The number of rotatable bonds is 4. The van der Waals surface area contributed by atoms with Crippen LogP contribution in [-0.4, -0.2) is 34.5 Å². The SMILES string of the molecule is Cc1ccc(S(=O)(=O)N2CCc3c(nn(-c4ccccc4)c3N)-c3cn(-c4ccccc4)nc32)cc1. The number of aromatic nitrogens is 4. The molecule has 1 aliphatic rings. The van der Waals surface area contributed by atoms with E-state index in [9.17, 15) is 8.42 Å². The second-order valence-electron chi connectivity index (χ2n) is 8.75. The lowest BCUT2D eigenvalue weighted by Crippen LogP contribution is -2.33. The van der Waals surface area contributed by atoms with Crippen LogP contribution in [0.2, 0.25) is 0 Å². The number of nitrogens with two attached hydrogens (primary N) is 1. The van der Waals surface area contributed by atoms with Crippen LogP contribution in [0.3, 0.4) is 0 Å². The van der Waals surface area contributed by atoms with Gasteiger partial charge in [0.25, 0.3) is 10.0 Å². The zero-order valence-corrected chi connectivity index (χ0v) is 20.4. The Balaban J connectivity index is 1.56. The van der Waals surface area contributed by atoms with E-state index < -0.39 is 10.0 Å². The van der Waals surface area contributed by atoms with Crippen LogP contribution in [0.4, 0.5) is 11.6 Å². The summed E-state index contributed by atoms with van der Waals surface area (Å²) >= 11 is 0. The molecule has 9 heteroatoms. The number of aryl methyl sites for hydroxylation is 1. The van der Waals surface area contributed by atoms with E-state index >= 15 is 0 Å². The van der Waals surface area contributed by atoms with Gasteiger partial charge in [0.15, 0.2) is 5.82 Å². The Morgan fingerprint density at radius 1 is 0.833 bits per heavy atom. The summed E-state index contributed by atoms with van der Waals surface area (Å²) in [5, 5.41) is 9.60. The van der Waals surface area contributed by atoms with Gasteiger partial charge in [0.05, 0.1) is 21.8 Å². The molecule has 0 amide bonds. The van der Waals surface area contributed by atoms with Crippen molar-refractivity contribution < 1.29 is 8.42 Å². The Morgan fingerprint density at radius 2 is 1.47 bits per heavy atom. The fraction of sp³-hybridized carbons (Fsp3) is 0.111. The number of fused-ring (bicyclic) bond motifs is 3. The number of hydrogen-bond acceptors (Lipinski definition) is 5. The average molecular weight is 497 g/mol. The van der Waals surface area contributed by atoms with Gasteiger partial charge in [-0.25, -0.2) is 22.1 Å². The summed E-state index contributed by atoms with van der Waals surface area (Å²) < 4.78 is 32.4.